The third-order valence-electron chi connectivity index (χ3n) is 10.8. The van der Waals surface area contributed by atoms with Crippen molar-refractivity contribution in [1.29, 1.82) is 0 Å². The van der Waals surface area contributed by atoms with Crippen molar-refractivity contribution in [2.45, 2.75) is 24.7 Å². The van der Waals surface area contributed by atoms with E-state index in [4.69, 9.17) is 0 Å². The molecule has 0 spiro atoms. The zero-order valence-corrected chi connectivity index (χ0v) is 33.2. The van der Waals surface area contributed by atoms with E-state index in [1.54, 1.807) is 24.3 Å². The molecule has 0 aliphatic rings. The van der Waals surface area contributed by atoms with Crippen molar-refractivity contribution < 1.29 is 52.7 Å². The van der Waals surface area contributed by atoms with Crippen LogP contribution in [-0.4, -0.2) is 0 Å². The molecule has 0 aliphatic heterocycles. The lowest BCUT2D eigenvalue weighted by Gasteiger charge is -2.19. The minimum atomic E-state index is -4.54. The molecule has 0 aromatic heterocycles. The predicted molar refractivity (Wildman–Crippen MR) is 229 cm³/mol. The Morgan fingerprint density at radius 3 is 0.545 bits per heavy atom. The minimum absolute atomic E-state index is 0.298. The number of alkyl halides is 12. The van der Waals surface area contributed by atoms with Crippen LogP contribution in [0, 0.1) is 47.4 Å². The highest BCUT2D eigenvalue weighted by Gasteiger charge is 2.32. The van der Waals surface area contributed by atoms with Crippen LogP contribution in [0.3, 0.4) is 0 Å². The smallest absolute Gasteiger partial charge is 0.166 e. The molecule has 0 saturated carbocycles. The van der Waals surface area contributed by atoms with Gasteiger partial charge in [0.05, 0.1) is 22.3 Å². The lowest BCUT2D eigenvalue weighted by Crippen LogP contribution is -2.04. The Labute approximate surface area is 367 Å². The fourth-order valence-electron chi connectivity index (χ4n) is 7.40. The molecule has 0 heterocycles. The molecule has 0 unspecified atom stereocenters. The first-order valence-electron chi connectivity index (χ1n) is 19.5. The van der Waals surface area contributed by atoms with E-state index in [1.807, 2.05) is 12.1 Å². The van der Waals surface area contributed by atoms with Crippen molar-refractivity contribution in [3.05, 3.63) is 200 Å². The van der Waals surface area contributed by atoms with Gasteiger partial charge in [-0.3, -0.25) is 0 Å². The quantitative estimate of drug-likeness (QED) is 0.105. The Hall–Kier alpha value is -8.06. The Balaban J connectivity index is 1.15. The highest BCUT2D eigenvalue weighted by atomic mass is 19.4. The molecular weight excluding hydrogens is 877 g/mol. The molecule has 66 heavy (non-hydrogen) atoms. The van der Waals surface area contributed by atoms with E-state index >= 15 is 0 Å². The highest BCUT2D eigenvalue weighted by molar-refractivity contribution is 6.35. The number of halogens is 12. The van der Waals surface area contributed by atoms with E-state index in [0.717, 1.165) is 91.6 Å². The molecule has 0 fully saturated rings. The third-order valence-corrected chi connectivity index (χ3v) is 10.8. The number of hydrogen-bond acceptors (Lipinski definition) is 0. The minimum Gasteiger partial charge on any atom is -0.166 e. The lowest BCUT2D eigenvalue weighted by molar-refractivity contribution is -0.138. The Bertz CT molecular complexity index is 3120. The molecule has 0 radical (unpaired) electrons. The van der Waals surface area contributed by atoms with Crippen molar-refractivity contribution in [3.8, 4) is 47.4 Å². The molecule has 0 nitrogen and oxygen atoms in total. The van der Waals surface area contributed by atoms with E-state index in [0.29, 0.717) is 44.5 Å². The first-order chi connectivity index (χ1) is 31.2. The van der Waals surface area contributed by atoms with Crippen molar-refractivity contribution in [2.75, 3.05) is 0 Å². The Kier molecular flexibility index (Phi) is 10.4. The summed E-state index contributed by atoms with van der Waals surface area (Å²) >= 11 is 0. The Morgan fingerprint density at radius 2 is 0.379 bits per heavy atom. The average Bonchev–Trinajstić information content (AvgIpc) is 3.26. The van der Waals surface area contributed by atoms with Gasteiger partial charge < -0.3 is 0 Å². The maximum Gasteiger partial charge on any atom is 0.416 e. The van der Waals surface area contributed by atoms with E-state index in [9.17, 15) is 52.7 Å². The van der Waals surface area contributed by atoms with Gasteiger partial charge in [0.15, 0.2) is 0 Å². The number of fused-ring (bicyclic) bond motifs is 8. The second kappa shape index (κ2) is 15.9. The number of hydrogen-bond donors (Lipinski definition) is 0. The van der Waals surface area contributed by atoms with Crippen molar-refractivity contribution in [3.63, 3.8) is 0 Å². The van der Waals surface area contributed by atoms with Crippen LogP contribution in [0.5, 0.6) is 0 Å². The van der Waals surface area contributed by atoms with E-state index in [1.165, 1.54) is 48.5 Å². The molecule has 9 aromatic carbocycles. The molecular formula is C54H22F12. The fourth-order valence-corrected chi connectivity index (χ4v) is 7.40. The maximum absolute atomic E-state index is 13.2. The van der Waals surface area contributed by atoms with Crippen molar-refractivity contribution in [1.82, 2.24) is 0 Å². The molecule has 0 saturated heterocycles. The second-order valence-electron chi connectivity index (χ2n) is 15.1. The third kappa shape index (κ3) is 8.62. The summed E-state index contributed by atoms with van der Waals surface area (Å²) in [5, 5.41) is 6.55. The van der Waals surface area contributed by atoms with Crippen LogP contribution < -0.4 is 0 Å². The largest absolute Gasteiger partial charge is 0.416 e. The van der Waals surface area contributed by atoms with Crippen LogP contribution in [0.2, 0.25) is 0 Å². The van der Waals surface area contributed by atoms with Gasteiger partial charge in [-0.1, -0.05) is 47.4 Å². The van der Waals surface area contributed by atoms with Gasteiger partial charge in [-0.2, -0.15) is 52.7 Å². The van der Waals surface area contributed by atoms with E-state index < -0.39 is 47.0 Å². The molecule has 9 aromatic rings. The van der Waals surface area contributed by atoms with Crippen LogP contribution in [-0.2, 0) is 24.7 Å². The molecule has 0 atom stereocenters. The summed E-state index contributed by atoms with van der Waals surface area (Å²) < 4.78 is 159. The number of rotatable bonds is 0. The standard InChI is InChI=1S/C54H22F12/c55-51(56,57)39-17-5-31(6-18-39)1-13-35-25-43-44(26-36(35)14-2-32-7-19-40(20-8-32)52(58,59)60)48-30-50-46-28-38(16-4-34-11-23-42(24-12-34)54(64,65)66)37(27-45(46)49(50)29-47(43)48)15-3-33-9-21-41(22-10-33)53(61,62)63/h5-12,17-30H. The Morgan fingerprint density at radius 1 is 0.212 bits per heavy atom. The van der Waals surface area contributed by atoms with Gasteiger partial charge in [0.2, 0.25) is 0 Å². The molecule has 0 aliphatic carbocycles. The predicted octanol–water partition coefficient (Wildman–Crippen LogP) is 14.8. The molecule has 9 rings (SSSR count). The SMILES string of the molecule is FC(F)(F)c1ccc(C#Cc2cc3c(cc2C#Cc2ccc(C(F)(F)F)cc2)c2cc4c5cc(C#Cc6ccc(C(F)(F)F)cc6)c(C#Cc6ccc(C(F)(F)F)cc6)cc5c4cc32)cc1. The van der Waals surface area contributed by atoms with E-state index in [-0.39, 0.29) is 0 Å². The van der Waals surface area contributed by atoms with Crippen LogP contribution in [0.15, 0.2) is 133 Å². The molecule has 12 heteroatoms. The summed E-state index contributed by atoms with van der Waals surface area (Å²) in [5.41, 5.74) is -0.508. The van der Waals surface area contributed by atoms with Crippen LogP contribution in [0.1, 0.15) is 66.8 Å². The van der Waals surface area contributed by atoms with Gasteiger partial charge in [-0.15, -0.1) is 0 Å². The van der Waals surface area contributed by atoms with Gasteiger partial charge >= 0.3 is 24.7 Å². The fraction of sp³-hybridized carbons (Fsp3) is 0.0741. The summed E-state index contributed by atoms with van der Waals surface area (Å²) in [7, 11) is 0. The summed E-state index contributed by atoms with van der Waals surface area (Å²) in [4.78, 5) is 0. The maximum atomic E-state index is 13.2. The van der Waals surface area contributed by atoms with Gasteiger partial charge in [0, 0.05) is 44.5 Å². The summed E-state index contributed by atoms with van der Waals surface area (Å²) in [6.07, 6.45) is -18.2. The first-order valence-corrected chi connectivity index (χ1v) is 19.5. The lowest BCUT2D eigenvalue weighted by atomic mass is 9.83. The van der Waals surface area contributed by atoms with Crippen molar-refractivity contribution >= 4 is 43.1 Å². The summed E-state index contributed by atoms with van der Waals surface area (Å²) in [6.45, 7) is 0. The van der Waals surface area contributed by atoms with Gasteiger partial charge in [0.25, 0.3) is 0 Å². The summed E-state index contributed by atoms with van der Waals surface area (Å²) in [5.74, 6) is 23.6. The van der Waals surface area contributed by atoms with E-state index in [2.05, 4.69) is 47.4 Å². The molecule has 0 N–H and O–H groups in total. The molecule has 0 amide bonds. The first kappa shape index (κ1) is 43.2. The zero-order valence-electron chi connectivity index (χ0n) is 33.2. The van der Waals surface area contributed by atoms with Crippen LogP contribution in [0.25, 0.3) is 43.1 Å². The van der Waals surface area contributed by atoms with Crippen LogP contribution >= 0.6 is 0 Å². The normalized spacial score (nSPS) is 12.1. The topological polar surface area (TPSA) is 0 Å². The molecule has 322 valence electrons. The monoisotopic (exact) mass is 898 g/mol. The average molecular weight is 899 g/mol. The highest BCUT2D eigenvalue weighted by Crippen LogP contribution is 2.45. The van der Waals surface area contributed by atoms with Gasteiger partial charge in [-0.25, -0.2) is 0 Å². The zero-order chi connectivity index (χ0) is 46.8. The second-order valence-corrected chi connectivity index (χ2v) is 15.1. The van der Waals surface area contributed by atoms with Crippen molar-refractivity contribution in [2.24, 2.45) is 0 Å². The van der Waals surface area contributed by atoms with Gasteiger partial charge in [0.1, 0.15) is 0 Å². The van der Waals surface area contributed by atoms with Crippen LogP contribution in [0.4, 0.5) is 52.7 Å². The molecule has 0 bridgehead atoms. The number of benzene rings is 7. The van der Waals surface area contributed by atoms with Gasteiger partial charge in [-0.05, 0) is 177 Å². The summed E-state index contributed by atoms with van der Waals surface area (Å²) in [6, 6.07) is 28.4.